The van der Waals surface area contributed by atoms with Gasteiger partial charge in [-0.15, -0.1) is 10.2 Å². The highest BCUT2D eigenvalue weighted by molar-refractivity contribution is 7.85. The van der Waals surface area contributed by atoms with Crippen LogP contribution in [0.2, 0.25) is 0 Å². The van der Waals surface area contributed by atoms with Crippen molar-refractivity contribution in [3.8, 4) is 0 Å². The molecule has 1 aliphatic rings. The maximum atomic E-state index is 12.0. The van der Waals surface area contributed by atoms with Gasteiger partial charge in [-0.3, -0.25) is 9.20 Å². The van der Waals surface area contributed by atoms with Crippen molar-refractivity contribution in [2.24, 2.45) is 4.99 Å². The molecule has 0 aliphatic heterocycles. The van der Waals surface area contributed by atoms with Gasteiger partial charge in [0.05, 0.1) is 0 Å². The highest BCUT2D eigenvalue weighted by atomic mass is 32.2. The number of aromatic nitrogens is 3. The number of nitrogens with zero attached hydrogens (tertiary/aromatic N) is 4. The number of guanidine groups is 1. The molecule has 1 aromatic heterocycles. The first-order valence-electron chi connectivity index (χ1n) is 8.89. The fourth-order valence-electron chi connectivity index (χ4n) is 3.10. The first-order chi connectivity index (χ1) is 11.7. The van der Waals surface area contributed by atoms with Crippen LogP contribution in [-0.2, 0) is 17.3 Å². The minimum absolute atomic E-state index is 0.336. The molecule has 0 aromatic carbocycles. The lowest BCUT2D eigenvalue weighted by Gasteiger charge is -2.30. The Hall–Kier alpha value is -1.44. The van der Waals surface area contributed by atoms with Crippen molar-refractivity contribution in [1.82, 2.24) is 25.4 Å². The lowest BCUT2D eigenvalue weighted by atomic mass is 9.95. The average molecular weight is 355 g/mol. The molecule has 1 aromatic rings. The van der Waals surface area contributed by atoms with E-state index in [2.05, 4.69) is 25.8 Å². The van der Waals surface area contributed by atoms with Crippen LogP contribution in [0.25, 0.3) is 0 Å². The normalized spacial score (nSPS) is 23.0. The first kappa shape index (κ1) is 18.9. The summed E-state index contributed by atoms with van der Waals surface area (Å²) >= 11 is 0. The maximum absolute atomic E-state index is 12.0. The molecule has 0 amide bonds. The van der Waals surface area contributed by atoms with Crippen molar-refractivity contribution < 1.29 is 4.21 Å². The lowest BCUT2D eigenvalue weighted by molar-refractivity contribution is 0.413. The van der Waals surface area contributed by atoms with Crippen molar-refractivity contribution in [2.75, 3.05) is 19.3 Å². The molecule has 3 atom stereocenters. The molecular formula is C16H30N6OS. The highest BCUT2D eigenvalue weighted by Crippen LogP contribution is 2.22. The first-order valence-corrected chi connectivity index (χ1v) is 10.3. The number of unbranched alkanes of at least 4 members (excludes halogenated alkanes) is 1. The van der Waals surface area contributed by atoms with Gasteiger partial charge in [0.15, 0.2) is 5.96 Å². The van der Waals surface area contributed by atoms with Gasteiger partial charge in [-0.1, -0.05) is 13.3 Å². The summed E-state index contributed by atoms with van der Waals surface area (Å²) in [6.07, 6.45) is 9.97. The van der Waals surface area contributed by atoms with E-state index in [1.54, 1.807) is 19.7 Å². The summed E-state index contributed by atoms with van der Waals surface area (Å²) in [7, 11) is 1.12. The van der Waals surface area contributed by atoms with E-state index in [4.69, 9.17) is 0 Å². The summed E-state index contributed by atoms with van der Waals surface area (Å²) in [6, 6.07) is 0.377. The standard InChI is InChI=1S/C16H30N6OS/c1-3-24(23)15-8-6-7-14(11-15)21-16(17-2)18-9-4-5-10-22-12-19-20-13-22/h12-15H,3-11H2,1-2H3,(H2,17,18,21). The molecular weight excluding hydrogens is 324 g/mol. The molecule has 2 N–H and O–H groups in total. The van der Waals surface area contributed by atoms with Crippen molar-refractivity contribution in [2.45, 2.75) is 63.3 Å². The Morgan fingerprint density at radius 1 is 1.33 bits per heavy atom. The Kier molecular flexibility index (Phi) is 8.21. The molecule has 1 fully saturated rings. The molecule has 0 saturated heterocycles. The van der Waals surface area contributed by atoms with Gasteiger partial charge in [-0.25, -0.2) is 0 Å². The molecule has 1 aliphatic carbocycles. The van der Waals surface area contributed by atoms with Crippen LogP contribution in [0.3, 0.4) is 0 Å². The van der Waals surface area contributed by atoms with E-state index < -0.39 is 10.8 Å². The average Bonchev–Trinajstić information content (AvgIpc) is 3.13. The number of aryl methyl sites for hydroxylation is 1. The molecule has 7 nitrogen and oxygen atoms in total. The second-order valence-corrected chi connectivity index (χ2v) is 8.21. The third kappa shape index (κ3) is 6.22. The van der Waals surface area contributed by atoms with Gasteiger partial charge in [0.25, 0.3) is 0 Å². The van der Waals surface area contributed by atoms with Crippen LogP contribution in [-0.4, -0.2) is 55.6 Å². The number of rotatable bonds is 8. The molecule has 24 heavy (non-hydrogen) atoms. The third-order valence-corrected chi connectivity index (χ3v) is 6.19. The summed E-state index contributed by atoms with van der Waals surface area (Å²) in [6.45, 7) is 3.83. The van der Waals surface area contributed by atoms with Gasteiger partial charge >= 0.3 is 0 Å². The van der Waals surface area contributed by atoms with Crippen molar-refractivity contribution in [3.05, 3.63) is 12.7 Å². The smallest absolute Gasteiger partial charge is 0.191 e. The zero-order valence-corrected chi connectivity index (χ0v) is 15.6. The molecule has 1 heterocycles. The van der Waals surface area contributed by atoms with E-state index in [9.17, 15) is 4.21 Å². The second kappa shape index (κ2) is 10.4. The van der Waals surface area contributed by atoms with Gasteiger partial charge in [0.1, 0.15) is 12.7 Å². The topological polar surface area (TPSA) is 84.2 Å². The number of aliphatic imine (C=N–C) groups is 1. The fourth-order valence-corrected chi connectivity index (χ4v) is 4.45. The van der Waals surface area contributed by atoms with Crippen molar-refractivity contribution >= 4 is 16.8 Å². The lowest BCUT2D eigenvalue weighted by Crippen LogP contribution is -2.46. The van der Waals surface area contributed by atoms with Crippen LogP contribution in [0.5, 0.6) is 0 Å². The predicted molar refractivity (Wildman–Crippen MR) is 98.5 cm³/mol. The molecule has 1 saturated carbocycles. The van der Waals surface area contributed by atoms with E-state index >= 15 is 0 Å². The van der Waals surface area contributed by atoms with E-state index in [1.165, 1.54) is 0 Å². The van der Waals surface area contributed by atoms with Gasteiger partial charge in [-0.2, -0.15) is 0 Å². The molecule has 0 bridgehead atoms. The van der Waals surface area contributed by atoms with Crippen LogP contribution in [0, 0.1) is 0 Å². The van der Waals surface area contributed by atoms with Crippen molar-refractivity contribution in [1.29, 1.82) is 0 Å². The molecule has 0 radical (unpaired) electrons. The van der Waals surface area contributed by atoms with E-state index in [0.29, 0.717) is 11.3 Å². The molecule has 136 valence electrons. The van der Waals surface area contributed by atoms with Crippen molar-refractivity contribution in [3.63, 3.8) is 0 Å². The minimum Gasteiger partial charge on any atom is -0.356 e. The Morgan fingerprint density at radius 2 is 2.12 bits per heavy atom. The monoisotopic (exact) mass is 354 g/mol. The van der Waals surface area contributed by atoms with Crippen LogP contribution in [0.1, 0.15) is 45.4 Å². The molecule has 8 heteroatoms. The fraction of sp³-hybridized carbons (Fsp3) is 0.812. The summed E-state index contributed by atoms with van der Waals surface area (Å²) in [4.78, 5) is 4.31. The number of hydrogen-bond acceptors (Lipinski definition) is 4. The molecule has 2 rings (SSSR count). The highest BCUT2D eigenvalue weighted by Gasteiger charge is 2.25. The SMILES string of the molecule is CCS(=O)C1CCCC(NC(=NC)NCCCCn2cnnc2)C1. The quantitative estimate of drug-likeness (QED) is 0.418. The molecule has 0 spiro atoms. The zero-order valence-electron chi connectivity index (χ0n) is 14.8. The van der Waals surface area contributed by atoms with Gasteiger partial charge in [0.2, 0.25) is 0 Å². The predicted octanol–water partition coefficient (Wildman–Crippen LogP) is 1.30. The maximum Gasteiger partial charge on any atom is 0.191 e. The molecule has 3 unspecified atom stereocenters. The Morgan fingerprint density at radius 3 is 2.83 bits per heavy atom. The summed E-state index contributed by atoms with van der Waals surface area (Å²) in [5.74, 6) is 1.61. The van der Waals surface area contributed by atoms with Gasteiger partial charge in [0, 0.05) is 48.0 Å². The van der Waals surface area contributed by atoms with E-state index in [-0.39, 0.29) is 0 Å². The Balaban J connectivity index is 1.65. The number of hydrogen-bond donors (Lipinski definition) is 2. The van der Waals surface area contributed by atoms with Gasteiger partial charge in [-0.05, 0) is 32.1 Å². The minimum atomic E-state index is -0.687. The van der Waals surface area contributed by atoms with Crippen LogP contribution in [0.4, 0.5) is 0 Å². The summed E-state index contributed by atoms with van der Waals surface area (Å²) < 4.78 is 14.0. The van der Waals surface area contributed by atoms with E-state index in [0.717, 1.165) is 63.3 Å². The Bertz CT molecular complexity index is 519. The van der Waals surface area contributed by atoms with Crippen LogP contribution in [0.15, 0.2) is 17.6 Å². The van der Waals surface area contributed by atoms with Crippen LogP contribution >= 0.6 is 0 Å². The third-order valence-electron chi connectivity index (χ3n) is 4.45. The Labute approximate surface area is 147 Å². The van der Waals surface area contributed by atoms with E-state index in [1.807, 2.05) is 11.5 Å². The van der Waals surface area contributed by atoms with Gasteiger partial charge < -0.3 is 15.2 Å². The zero-order chi connectivity index (χ0) is 17.2. The number of nitrogens with one attached hydrogen (secondary N) is 2. The summed E-state index contributed by atoms with van der Waals surface area (Å²) in [5.41, 5.74) is 0. The largest absolute Gasteiger partial charge is 0.356 e. The van der Waals surface area contributed by atoms with Crippen LogP contribution < -0.4 is 10.6 Å². The summed E-state index contributed by atoms with van der Waals surface area (Å²) in [5, 5.41) is 14.8. The second-order valence-electron chi connectivity index (χ2n) is 6.21.